The minimum Gasteiger partial charge on any atom is -0.510 e. The van der Waals surface area contributed by atoms with E-state index in [4.69, 9.17) is 10.2 Å². The van der Waals surface area contributed by atoms with Crippen molar-refractivity contribution in [3.63, 3.8) is 0 Å². The van der Waals surface area contributed by atoms with Gasteiger partial charge in [0, 0.05) is 0 Å². The Bertz CT molecular complexity index is 70.1. The molecule has 0 rings (SSSR count). The van der Waals surface area contributed by atoms with Crippen LogP contribution < -0.4 is 0 Å². The molecule has 2 N–H and O–H groups in total. The summed E-state index contributed by atoms with van der Waals surface area (Å²) >= 11 is 0. The summed E-state index contributed by atoms with van der Waals surface area (Å²) in [5, 5.41) is 16.5. The van der Waals surface area contributed by atoms with Crippen LogP contribution in [0, 0.1) is 0 Å². The molecule has 0 radical (unpaired) electrons. The lowest BCUT2D eigenvalue weighted by Crippen LogP contribution is -2.01. The van der Waals surface area contributed by atoms with Crippen molar-refractivity contribution >= 4 is 0 Å². The maximum atomic E-state index is 8.38. The summed E-state index contributed by atoms with van der Waals surface area (Å²) in [5.74, 6) is -0.0153. The Balaban J connectivity index is 2.82. The van der Waals surface area contributed by atoms with Gasteiger partial charge in [0.2, 0.25) is 0 Å². The lowest BCUT2D eigenvalue weighted by atomic mass is 10.6. The highest BCUT2D eigenvalue weighted by molar-refractivity contribution is 4.77. The molecule has 0 heterocycles. The van der Waals surface area contributed by atoms with Crippen LogP contribution in [0.3, 0.4) is 0 Å². The summed E-state index contributed by atoms with van der Waals surface area (Å²) in [5.41, 5.74) is 0. The van der Waals surface area contributed by atoms with Crippen LogP contribution in [0.15, 0.2) is 12.3 Å². The van der Waals surface area contributed by atoms with E-state index in [1.54, 1.807) is 0 Å². The van der Waals surface area contributed by atoms with Crippen molar-refractivity contribution in [3.05, 3.63) is 12.3 Å². The van der Waals surface area contributed by atoms with E-state index in [1.165, 1.54) is 0 Å². The number of rotatable bonds is 4. The first-order valence-electron chi connectivity index (χ1n) is 2.32. The zero-order chi connectivity index (χ0) is 6.41. The Morgan fingerprint density at radius 3 is 2.62 bits per heavy atom. The minimum atomic E-state index is -0.0206. The Morgan fingerprint density at radius 1 is 1.62 bits per heavy atom. The number of aliphatic hydroxyl groups excluding tert-OH is 2. The van der Waals surface area contributed by atoms with Gasteiger partial charge in [-0.05, 0) is 0 Å². The maximum Gasteiger partial charge on any atom is 0.111 e. The Hall–Kier alpha value is -0.540. The fourth-order valence-electron chi connectivity index (χ4n) is 0.255. The van der Waals surface area contributed by atoms with E-state index in [0.717, 1.165) is 0 Å². The summed E-state index contributed by atoms with van der Waals surface area (Å²) < 4.78 is 4.64. The minimum absolute atomic E-state index is 0.0153. The molecule has 0 aromatic heterocycles. The summed E-state index contributed by atoms with van der Waals surface area (Å²) in [6, 6.07) is 0. The predicted octanol–water partition coefficient (Wildman–Crippen LogP) is 0.0670. The van der Waals surface area contributed by atoms with Crippen molar-refractivity contribution in [3.8, 4) is 0 Å². The second kappa shape index (κ2) is 4.61. The molecule has 0 fully saturated rings. The zero-order valence-electron chi connectivity index (χ0n) is 4.63. The third-order valence-electron chi connectivity index (χ3n) is 0.504. The largest absolute Gasteiger partial charge is 0.510 e. The molecule has 0 unspecified atom stereocenters. The average Bonchev–Trinajstić information content (AvgIpc) is 1.66. The van der Waals surface area contributed by atoms with Gasteiger partial charge in [-0.25, -0.2) is 0 Å². The van der Waals surface area contributed by atoms with E-state index < -0.39 is 0 Å². The monoisotopic (exact) mass is 118 g/mol. The lowest BCUT2D eigenvalue weighted by Gasteiger charge is -1.97. The molecule has 3 nitrogen and oxygen atoms in total. The van der Waals surface area contributed by atoms with Crippen molar-refractivity contribution in [1.82, 2.24) is 0 Å². The van der Waals surface area contributed by atoms with Gasteiger partial charge in [-0.15, -0.1) is 0 Å². The molecule has 0 bridgehead atoms. The Labute approximate surface area is 48.2 Å². The van der Waals surface area contributed by atoms with Crippen LogP contribution in [0.4, 0.5) is 0 Å². The van der Waals surface area contributed by atoms with Gasteiger partial charge >= 0.3 is 0 Å². The van der Waals surface area contributed by atoms with Crippen LogP contribution in [0.1, 0.15) is 0 Å². The van der Waals surface area contributed by atoms with Gasteiger partial charge < -0.3 is 14.9 Å². The highest BCUT2D eigenvalue weighted by Crippen LogP contribution is 1.81. The van der Waals surface area contributed by atoms with E-state index in [2.05, 4.69) is 11.3 Å². The first-order chi connectivity index (χ1) is 3.77. The first-order valence-corrected chi connectivity index (χ1v) is 2.32. The average molecular weight is 118 g/mol. The third kappa shape index (κ3) is 5.46. The number of aliphatic hydroxyl groups is 2. The molecule has 0 spiro atoms. The van der Waals surface area contributed by atoms with Gasteiger partial charge in [0.1, 0.15) is 12.4 Å². The first kappa shape index (κ1) is 7.46. The van der Waals surface area contributed by atoms with E-state index in [0.29, 0.717) is 0 Å². The molecule has 0 aromatic rings. The molecule has 0 aliphatic heterocycles. The van der Waals surface area contributed by atoms with Crippen LogP contribution in [0.5, 0.6) is 0 Å². The van der Waals surface area contributed by atoms with E-state index in [9.17, 15) is 0 Å². The molecule has 0 atom stereocenters. The van der Waals surface area contributed by atoms with Crippen molar-refractivity contribution < 1.29 is 14.9 Å². The molecule has 0 saturated carbocycles. The SMILES string of the molecule is C=C(O)COCCO. The second-order valence-corrected chi connectivity index (χ2v) is 1.34. The number of hydrogen-bond donors (Lipinski definition) is 2. The number of hydrogen-bond acceptors (Lipinski definition) is 3. The maximum absolute atomic E-state index is 8.38. The van der Waals surface area contributed by atoms with Crippen molar-refractivity contribution in [2.45, 2.75) is 0 Å². The van der Waals surface area contributed by atoms with Crippen molar-refractivity contribution in [1.29, 1.82) is 0 Å². The van der Waals surface area contributed by atoms with Gasteiger partial charge in [-0.1, -0.05) is 6.58 Å². The molecule has 0 aliphatic rings. The van der Waals surface area contributed by atoms with Gasteiger partial charge in [0.15, 0.2) is 0 Å². The van der Waals surface area contributed by atoms with Crippen LogP contribution in [-0.2, 0) is 4.74 Å². The number of ether oxygens (including phenoxy) is 1. The van der Waals surface area contributed by atoms with Gasteiger partial charge in [0.05, 0.1) is 13.2 Å². The lowest BCUT2D eigenvalue weighted by molar-refractivity contribution is 0.0905. The molecule has 0 aromatic carbocycles. The molecule has 8 heavy (non-hydrogen) atoms. The third-order valence-corrected chi connectivity index (χ3v) is 0.504. The van der Waals surface area contributed by atoms with Crippen LogP contribution in [0.2, 0.25) is 0 Å². The van der Waals surface area contributed by atoms with E-state index in [-0.39, 0.29) is 25.6 Å². The van der Waals surface area contributed by atoms with Gasteiger partial charge in [-0.3, -0.25) is 0 Å². The van der Waals surface area contributed by atoms with Gasteiger partial charge in [0.25, 0.3) is 0 Å². The highest BCUT2D eigenvalue weighted by Gasteiger charge is 1.85. The Kier molecular flexibility index (Phi) is 4.30. The molecule has 0 amide bonds. The summed E-state index contributed by atoms with van der Waals surface area (Å²) in [6.07, 6.45) is 0. The van der Waals surface area contributed by atoms with Gasteiger partial charge in [-0.2, -0.15) is 0 Å². The van der Waals surface area contributed by atoms with Crippen molar-refractivity contribution in [2.24, 2.45) is 0 Å². The summed E-state index contributed by atoms with van der Waals surface area (Å²) in [4.78, 5) is 0. The van der Waals surface area contributed by atoms with Crippen LogP contribution in [-0.4, -0.2) is 30.0 Å². The summed E-state index contributed by atoms with van der Waals surface area (Å²) in [7, 11) is 0. The van der Waals surface area contributed by atoms with Crippen molar-refractivity contribution in [2.75, 3.05) is 19.8 Å². The molecule has 3 heteroatoms. The fraction of sp³-hybridized carbons (Fsp3) is 0.600. The standard InChI is InChI=1S/C5H10O3/c1-5(7)4-8-3-2-6/h6-7H,1-4H2. The normalized spacial score (nSPS) is 9.12. The highest BCUT2D eigenvalue weighted by atomic mass is 16.5. The van der Waals surface area contributed by atoms with Crippen LogP contribution in [0.25, 0.3) is 0 Å². The fourth-order valence-corrected chi connectivity index (χ4v) is 0.255. The molecule has 48 valence electrons. The summed E-state index contributed by atoms with van der Waals surface area (Å²) in [6.45, 7) is 3.52. The smallest absolute Gasteiger partial charge is 0.111 e. The second-order valence-electron chi connectivity index (χ2n) is 1.34. The predicted molar refractivity (Wildman–Crippen MR) is 29.7 cm³/mol. The van der Waals surface area contributed by atoms with Crippen LogP contribution >= 0.6 is 0 Å². The van der Waals surface area contributed by atoms with E-state index in [1.807, 2.05) is 0 Å². The molecule has 0 saturated heterocycles. The zero-order valence-corrected chi connectivity index (χ0v) is 4.63. The molecular formula is C5H10O3. The Morgan fingerprint density at radius 2 is 2.25 bits per heavy atom. The topological polar surface area (TPSA) is 49.7 Å². The molecule has 0 aliphatic carbocycles. The van der Waals surface area contributed by atoms with E-state index >= 15 is 0 Å². The molecular weight excluding hydrogens is 108 g/mol. The quantitative estimate of drug-likeness (QED) is 0.405.